The molecule has 0 unspecified atom stereocenters. The van der Waals surface area contributed by atoms with E-state index in [-0.39, 0.29) is 0 Å². The van der Waals surface area contributed by atoms with Crippen LogP contribution in [0.3, 0.4) is 0 Å². The number of hydrogen-bond acceptors (Lipinski definition) is 4. The van der Waals surface area contributed by atoms with Crippen molar-refractivity contribution in [3.05, 3.63) is 30.4 Å². The van der Waals surface area contributed by atoms with Crippen molar-refractivity contribution in [2.75, 3.05) is 13.2 Å². The average molecular weight is 354 g/mol. The molecular formula is C18H30N2O5. The lowest BCUT2D eigenvalue weighted by molar-refractivity contribution is -0.134. The number of aromatic amines is 1. The van der Waals surface area contributed by atoms with E-state index in [0.29, 0.717) is 12.2 Å². The van der Waals surface area contributed by atoms with E-state index in [1.54, 1.807) is 6.33 Å². The lowest BCUT2D eigenvalue weighted by Crippen LogP contribution is -1.99. The Balaban J connectivity index is 0.000000609. The van der Waals surface area contributed by atoms with Gasteiger partial charge in [0.15, 0.2) is 0 Å². The van der Waals surface area contributed by atoms with E-state index < -0.39 is 11.9 Å². The standard InChI is InChI=1S/C14H26N2O.C4H4O4/c1-2-3-4-5-6-7-10-17-11-8-9-14-12-15-13-16-14;5-3(6)1-2-4(7)8/h12-13H,2-11H2,1H3,(H,15,16);1-2H,(H,5,6)(H,7,8)/b;2-1-. The van der Waals surface area contributed by atoms with Gasteiger partial charge < -0.3 is 19.9 Å². The number of aliphatic carboxylic acids is 2. The van der Waals surface area contributed by atoms with Crippen LogP contribution in [0.25, 0.3) is 0 Å². The van der Waals surface area contributed by atoms with E-state index >= 15 is 0 Å². The third-order valence-corrected chi connectivity index (χ3v) is 3.30. The van der Waals surface area contributed by atoms with E-state index in [1.807, 2.05) is 6.20 Å². The van der Waals surface area contributed by atoms with Gasteiger partial charge in [0.2, 0.25) is 0 Å². The van der Waals surface area contributed by atoms with Crippen molar-refractivity contribution in [2.24, 2.45) is 0 Å². The van der Waals surface area contributed by atoms with Gasteiger partial charge in [-0.15, -0.1) is 0 Å². The molecule has 0 atom stereocenters. The fourth-order valence-electron chi connectivity index (χ4n) is 2.02. The van der Waals surface area contributed by atoms with Crippen LogP contribution in [0.15, 0.2) is 24.7 Å². The summed E-state index contributed by atoms with van der Waals surface area (Å²) >= 11 is 0. The number of carbonyl (C=O) groups is 2. The molecule has 1 rings (SSSR count). The molecule has 1 heterocycles. The fourth-order valence-corrected chi connectivity index (χ4v) is 2.02. The molecule has 0 aliphatic carbocycles. The number of carboxylic acid groups (broad SMARTS) is 2. The number of unbranched alkanes of at least 4 members (excludes halogenated alkanes) is 5. The van der Waals surface area contributed by atoms with Crippen molar-refractivity contribution in [3.63, 3.8) is 0 Å². The summed E-state index contributed by atoms with van der Waals surface area (Å²) in [5, 5.41) is 15.6. The van der Waals surface area contributed by atoms with Gasteiger partial charge in [0, 0.05) is 37.3 Å². The lowest BCUT2D eigenvalue weighted by Gasteiger charge is -2.03. The van der Waals surface area contributed by atoms with Gasteiger partial charge >= 0.3 is 11.9 Å². The first-order valence-electron chi connectivity index (χ1n) is 8.75. The summed E-state index contributed by atoms with van der Waals surface area (Å²) in [5.41, 5.74) is 1.20. The summed E-state index contributed by atoms with van der Waals surface area (Å²) in [7, 11) is 0. The number of nitrogens with one attached hydrogen (secondary N) is 1. The van der Waals surface area contributed by atoms with E-state index in [9.17, 15) is 9.59 Å². The molecule has 0 fully saturated rings. The molecular weight excluding hydrogens is 324 g/mol. The first-order chi connectivity index (χ1) is 12.1. The van der Waals surface area contributed by atoms with Gasteiger partial charge in [0.1, 0.15) is 0 Å². The third-order valence-electron chi connectivity index (χ3n) is 3.30. The minimum Gasteiger partial charge on any atom is -0.478 e. The molecule has 7 heteroatoms. The van der Waals surface area contributed by atoms with Gasteiger partial charge in [-0.25, -0.2) is 14.6 Å². The second kappa shape index (κ2) is 16.7. The molecule has 0 saturated carbocycles. The summed E-state index contributed by atoms with van der Waals surface area (Å²) in [4.78, 5) is 26.2. The molecule has 0 spiro atoms. The average Bonchev–Trinajstić information content (AvgIpc) is 3.09. The second-order valence-corrected chi connectivity index (χ2v) is 5.57. The Kier molecular flexibility index (Phi) is 15.3. The number of imidazole rings is 1. The number of hydrogen-bond donors (Lipinski definition) is 3. The maximum Gasteiger partial charge on any atom is 0.328 e. The Hall–Kier alpha value is -2.15. The van der Waals surface area contributed by atoms with Crippen molar-refractivity contribution in [1.82, 2.24) is 9.97 Å². The third kappa shape index (κ3) is 18.0. The zero-order valence-corrected chi connectivity index (χ0v) is 14.9. The topological polar surface area (TPSA) is 113 Å². The summed E-state index contributed by atoms with van der Waals surface area (Å²) in [5.74, 6) is -2.51. The number of aryl methyl sites for hydroxylation is 1. The van der Waals surface area contributed by atoms with Crippen molar-refractivity contribution >= 4 is 11.9 Å². The van der Waals surface area contributed by atoms with Gasteiger partial charge in [-0.3, -0.25) is 0 Å². The molecule has 0 aromatic carbocycles. The maximum absolute atomic E-state index is 9.55. The number of rotatable bonds is 13. The molecule has 0 bridgehead atoms. The monoisotopic (exact) mass is 354 g/mol. The predicted molar refractivity (Wildman–Crippen MR) is 95.5 cm³/mol. The van der Waals surface area contributed by atoms with Crippen molar-refractivity contribution in [1.29, 1.82) is 0 Å². The van der Waals surface area contributed by atoms with Gasteiger partial charge in [0.05, 0.1) is 6.33 Å². The molecule has 0 aliphatic rings. The first kappa shape index (κ1) is 22.9. The van der Waals surface area contributed by atoms with Crippen LogP contribution in [0.4, 0.5) is 0 Å². The highest BCUT2D eigenvalue weighted by Crippen LogP contribution is 2.05. The lowest BCUT2D eigenvalue weighted by atomic mass is 10.1. The number of H-pyrrole nitrogens is 1. The zero-order valence-electron chi connectivity index (χ0n) is 14.9. The number of carboxylic acids is 2. The van der Waals surface area contributed by atoms with Crippen LogP contribution in [0.1, 0.15) is 57.6 Å². The molecule has 3 N–H and O–H groups in total. The summed E-state index contributed by atoms with van der Waals surface area (Å²) in [6.45, 7) is 4.05. The molecule has 7 nitrogen and oxygen atoms in total. The smallest absolute Gasteiger partial charge is 0.328 e. The Morgan fingerprint density at radius 3 is 2.20 bits per heavy atom. The molecule has 0 aliphatic heterocycles. The Morgan fingerprint density at radius 1 is 1.04 bits per heavy atom. The van der Waals surface area contributed by atoms with Gasteiger partial charge in [0.25, 0.3) is 0 Å². The largest absolute Gasteiger partial charge is 0.478 e. The molecule has 0 amide bonds. The Morgan fingerprint density at radius 2 is 1.64 bits per heavy atom. The summed E-state index contributed by atoms with van der Waals surface area (Å²) in [6, 6.07) is 0. The van der Waals surface area contributed by atoms with Crippen LogP contribution >= 0.6 is 0 Å². The quantitative estimate of drug-likeness (QED) is 0.369. The fraction of sp³-hybridized carbons (Fsp3) is 0.611. The van der Waals surface area contributed by atoms with E-state index in [0.717, 1.165) is 26.1 Å². The van der Waals surface area contributed by atoms with Crippen LogP contribution in [0.2, 0.25) is 0 Å². The van der Waals surface area contributed by atoms with E-state index in [1.165, 1.54) is 44.2 Å². The molecule has 25 heavy (non-hydrogen) atoms. The SMILES string of the molecule is CCCCCCCCOCCCc1cnc[nH]1.O=C(O)/C=C\C(=O)O. The summed E-state index contributed by atoms with van der Waals surface area (Å²) < 4.78 is 5.60. The highest BCUT2D eigenvalue weighted by Gasteiger charge is 1.95. The Bertz CT molecular complexity index is 456. The van der Waals surface area contributed by atoms with Crippen molar-refractivity contribution in [2.45, 2.75) is 58.3 Å². The van der Waals surface area contributed by atoms with E-state index in [4.69, 9.17) is 14.9 Å². The first-order valence-corrected chi connectivity index (χ1v) is 8.75. The molecule has 0 saturated heterocycles. The van der Waals surface area contributed by atoms with Crippen LogP contribution in [0, 0.1) is 0 Å². The number of aromatic nitrogens is 2. The molecule has 142 valence electrons. The maximum atomic E-state index is 9.55. The van der Waals surface area contributed by atoms with Crippen LogP contribution in [-0.2, 0) is 20.7 Å². The number of nitrogens with zero attached hydrogens (tertiary/aromatic N) is 1. The van der Waals surface area contributed by atoms with Gasteiger partial charge in [-0.05, 0) is 19.3 Å². The van der Waals surface area contributed by atoms with E-state index in [2.05, 4.69) is 16.9 Å². The summed E-state index contributed by atoms with van der Waals surface area (Å²) in [6.07, 6.45) is 14.8. The van der Waals surface area contributed by atoms with Gasteiger partial charge in [-0.2, -0.15) is 0 Å². The highest BCUT2D eigenvalue weighted by atomic mass is 16.5. The van der Waals surface area contributed by atoms with Crippen molar-refractivity contribution < 1.29 is 24.5 Å². The van der Waals surface area contributed by atoms with Crippen LogP contribution in [0.5, 0.6) is 0 Å². The van der Waals surface area contributed by atoms with Crippen LogP contribution in [-0.4, -0.2) is 45.3 Å². The molecule has 1 aromatic rings. The Labute approximate surface area is 149 Å². The molecule has 1 aromatic heterocycles. The van der Waals surface area contributed by atoms with Gasteiger partial charge in [-0.1, -0.05) is 39.0 Å². The second-order valence-electron chi connectivity index (χ2n) is 5.57. The minimum absolute atomic E-state index is 0.558. The van der Waals surface area contributed by atoms with Crippen LogP contribution < -0.4 is 0 Å². The normalized spacial score (nSPS) is 10.4. The molecule has 0 radical (unpaired) electrons. The van der Waals surface area contributed by atoms with Crippen molar-refractivity contribution in [3.8, 4) is 0 Å². The number of ether oxygens (including phenoxy) is 1. The predicted octanol–water partition coefficient (Wildman–Crippen LogP) is 3.43. The minimum atomic E-state index is -1.26. The highest BCUT2D eigenvalue weighted by molar-refractivity contribution is 5.89. The zero-order chi connectivity index (χ0) is 18.8.